The molecule has 0 spiro atoms. The van der Waals surface area contributed by atoms with Crippen molar-refractivity contribution in [3.8, 4) is 5.69 Å². The largest absolute Gasteiger partial charge is 0.416 e. The van der Waals surface area contributed by atoms with E-state index in [1.807, 2.05) is 0 Å². The fraction of sp³-hybridized carbons (Fsp3) is 0.0909. The molecule has 2 aromatic rings. The minimum Gasteiger partial charge on any atom is -0.267 e. The summed E-state index contributed by atoms with van der Waals surface area (Å²) in [5, 5.41) is 3.71. The Morgan fingerprint density at radius 2 is 1.88 bits per heavy atom. The number of rotatable bonds is 1. The van der Waals surface area contributed by atoms with E-state index in [9.17, 15) is 18.0 Å². The van der Waals surface area contributed by atoms with E-state index in [1.54, 1.807) is 0 Å². The van der Waals surface area contributed by atoms with Gasteiger partial charge in [-0.3, -0.25) is 4.79 Å². The Bertz CT molecular complexity index is 590. The lowest BCUT2D eigenvalue weighted by molar-refractivity contribution is -0.137. The third kappa shape index (κ3) is 2.35. The van der Waals surface area contributed by atoms with E-state index in [-0.39, 0.29) is 5.69 Å². The summed E-state index contributed by atoms with van der Waals surface area (Å²) in [7, 11) is 0. The van der Waals surface area contributed by atoms with E-state index in [0.717, 1.165) is 16.8 Å². The highest BCUT2D eigenvalue weighted by molar-refractivity contribution is 5.36. The van der Waals surface area contributed by atoms with Gasteiger partial charge in [-0.1, -0.05) is 6.07 Å². The minimum atomic E-state index is -4.44. The fourth-order valence-corrected chi connectivity index (χ4v) is 1.37. The van der Waals surface area contributed by atoms with Gasteiger partial charge in [-0.2, -0.15) is 23.0 Å². The zero-order valence-electron chi connectivity index (χ0n) is 8.48. The van der Waals surface area contributed by atoms with Gasteiger partial charge in [0.2, 0.25) is 0 Å². The van der Waals surface area contributed by atoms with E-state index < -0.39 is 17.3 Å². The summed E-state index contributed by atoms with van der Waals surface area (Å²) >= 11 is 0. The average Bonchev–Trinajstić information content (AvgIpc) is 2.29. The highest BCUT2D eigenvalue weighted by atomic mass is 19.4. The molecule has 1 heterocycles. The molecular formula is C11H7F3N2O. The van der Waals surface area contributed by atoms with Crippen LogP contribution in [0.15, 0.2) is 47.4 Å². The molecule has 17 heavy (non-hydrogen) atoms. The van der Waals surface area contributed by atoms with Gasteiger partial charge in [0.1, 0.15) is 0 Å². The molecule has 0 unspecified atom stereocenters. The monoisotopic (exact) mass is 240 g/mol. The third-order valence-corrected chi connectivity index (χ3v) is 2.13. The van der Waals surface area contributed by atoms with Crippen molar-refractivity contribution in [2.45, 2.75) is 6.18 Å². The molecule has 88 valence electrons. The van der Waals surface area contributed by atoms with Crippen LogP contribution in [0, 0.1) is 0 Å². The lowest BCUT2D eigenvalue weighted by atomic mass is 10.2. The maximum atomic E-state index is 12.5. The molecule has 0 N–H and O–H groups in total. The number of hydrogen-bond donors (Lipinski definition) is 0. The van der Waals surface area contributed by atoms with Crippen molar-refractivity contribution in [3.63, 3.8) is 0 Å². The van der Waals surface area contributed by atoms with E-state index in [4.69, 9.17) is 0 Å². The molecule has 0 saturated carbocycles. The predicted octanol–water partition coefficient (Wildman–Crippen LogP) is 2.25. The number of nitrogens with zero attached hydrogens (tertiary/aromatic N) is 2. The van der Waals surface area contributed by atoms with Crippen molar-refractivity contribution in [1.82, 2.24) is 9.78 Å². The summed E-state index contributed by atoms with van der Waals surface area (Å²) < 4.78 is 38.3. The lowest BCUT2D eigenvalue weighted by Gasteiger charge is -2.09. The molecule has 2 rings (SSSR count). The summed E-state index contributed by atoms with van der Waals surface area (Å²) in [5.74, 6) is 0. The van der Waals surface area contributed by atoms with Gasteiger partial charge in [0.15, 0.2) is 0 Å². The highest BCUT2D eigenvalue weighted by Gasteiger charge is 2.30. The van der Waals surface area contributed by atoms with Crippen LogP contribution in [0.25, 0.3) is 5.69 Å². The van der Waals surface area contributed by atoms with Gasteiger partial charge in [0.05, 0.1) is 11.3 Å². The quantitative estimate of drug-likeness (QED) is 0.766. The molecular weight excluding hydrogens is 233 g/mol. The van der Waals surface area contributed by atoms with Crippen molar-refractivity contribution in [2.75, 3.05) is 0 Å². The van der Waals surface area contributed by atoms with Crippen molar-refractivity contribution >= 4 is 0 Å². The first-order valence-electron chi connectivity index (χ1n) is 4.70. The zero-order chi connectivity index (χ0) is 12.5. The second-order valence-electron chi connectivity index (χ2n) is 3.32. The first kappa shape index (κ1) is 11.4. The number of alkyl halides is 3. The van der Waals surface area contributed by atoms with Crippen LogP contribution in [0.1, 0.15) is 5.56 Å². The van der Waals surface area contributed by atoms with Crippen LogP contribution in [-0.4, -0.2) is 9.78 Å². The van der Waals surface area contributed by atoms with Crippen LogP contribution in [-0.2, 0) is 6.18 Å². The second kappa shape index (κ2) is 4.04. The molecule has 0 bridgehead atoms. The molecule has 0 saturated heterocycles. The van der Waals surface area contributed by atoms with Gasteiger partial charge < -0.3 is 0 Å². The first-order chi connectivity index (χ1) is 7.98. The molecule has 0 aliphatic heterocycles. The average molecular weight is 240 g/mol. The lowest BCUT2D eigenvalue weighted by Crippen LogP contribution is -2.19. The van der Waals surface area contributed by atoms with Crippen molar-refractivity contribution in [1.29, 1.82) is 0 Å². The minimum absolute atomic E-state index is 0.0884. The van der Waals surface area contributed by atoms with E-state index >= 15 is 0 Å². The zero-order valence-corrected chi connectivity index (χ0v) is 8.48. The maximum Gasteiger partial charge on any atom is 0.416 e. The standard InChI is InChI=1S/C11H7F3N2O/c12-11(13,14)8-3-1-4-9(7-8)16-10(17)5-2-6-15-16/h1-7H. The molecule has 0 fully saturated rings. The van der Waals surface area contributed by atoms with Crippen LogP contribution in [0.3, 0.4) is 0 Å². The normalized spacial score (nSPS) is 11.5. The Morgan fingerprint density at radius 3 is 2.53 bits per heavy atom. The second-order valence-corrected chi connectivity index (χ2v) is 3.32. The summed E-state index contributed by atoms with van der Waals surface area (Å²) in [6.45, 7) is 0. The number of halogens is 3. The van der Waals surface area contributed by atoms with Gasteiger partial charge in [0, 0.05) is 12.3 Å². The van der Waals surface area contributed by atoms with Crippen molar-refractivity contribution < 1.29 is 13.2 Å². The summed E-state index contributed by atoms with van der Waals surface area (Å²) in [6, 6.07) is 7.11. The smallest absolute Gasteiger partial charge is 0.267 e. The summed E-state index contributed by atoms with van der Waals surface area (Å²) in [5.41, 5.74) is -1.20. The van der Waals surface area contributed by atoms with Crippen LogP contribution >= 0.6 is 0 Å². The van der Waals surface area contributed by atoms with Crippen molar-refractivity contribution in [2.24, 2.45) is 0 Å². The Labute approximate surface area is 94.1 Å². The Balaban J connectivity index is 2.55. The van der Waals surface area contributed by atoms with E-state index in [0.29, 0.717) is 0 Å². The van der Waals surface area contributed by atoms with E-state index in [1.165, 1.54) is 30.5 Å². The molecule has 0 aliphatic carbocycles. The number of hydrogen-bond acceptors (Lipinski definition) is 2. The number of benzene rings is 1. The molecule has 3 nitrogen and oxygen atoms in total. The molecule has 0 aliphatic rings. The molecule has 0 radical (unpaired) electrons. The topological polar surface area (TPSA) is 34.9 Å². The predicted molar refractivity (Wildman–Crippen MR) is 54.8 cm³/mol. The van der Waals surface area contributed by atoms with Gasteiger partial charge in [0.25, 0.3) is 5.56 Å². The fourth-order valence-electron chi connectivity index (χ4n) is 1.37. The Kier molecular flexibility index (Phi) is 2.71. The SMILES string of the molecule is O=c1cccnn1-c1cccc(C(F)(F)F)c1. The molecule has 6 heteroatoms. The molecule has 0 atom stereocenters. The highest BCUT2D eigenvalue weighted by Crippen LogP contribution is 2.29. The van der Waals surface area contributed by atoms with Crippen molar-refractivity contribution in [3.05, 3.63) is 58.5 Å². The summed E-state index contributed by atoms with van der Waals surface area (Å²) in [6.07, 6.45) is -3.10. The first-order valence-corrected chi connectivity index (χ1v) is 4.70. The maximum absolute atomic E-state index is 12.5. The van der Waals surface area contributed by atoms with Crippen LogP contribution in [0.2, 0.25) is 0 Å². The molecule has 1 aromatic heterocycles. The van der Waals surface area contributed by atoms with Crippen LogP contribution < -0.4 is 5.56 Å². The molecule has 0 amide bonds. The molecule has 1 aromatic carbocycles. The third-order valence-electron chi connectivity index (χ3n) is 2.13. The van der Waals surface area contributed by atoms with Crippen LogP contribution in [0.5, 0.6) is 0 Å². The van der Waals surface area contributed by atoms with Gasteiger partial charge in [-0.15, -0.1) is 0 Å². The Hall–Kier alpha value is -2.11. The van der Waals surface area contributed by atoms with Gasteiger partial charge in [-0.25, -0.2) is 0 Å². The number of aromatic nitrogens is 2. The summed E-state index contributed by atoms with van der Waals surface area (Å²) in [4.78, 5) is 11.4. The van der Waals surface area contributed by atoms with Crippen LogP contribution in [0.4, 0.5) is 13.2 Å². The Morgan fingerprint density at radius 1 is 1.12 bits per heavy atom. The van der Waals surface area contributed by atoms with E-state index in [2.05, 4.69) is 5.10 Å². The van der Waals surface area contributed by atoms with Gasteiger partial charge in [-0.05, 0) is 24.3 Å². The van der Waals surface area contributed by atoms with Gasteiger partial charge >= 0.3 is 6.18 Å².